The molecule has 3 atom stereocenters. The number of aryl methyl sites for hydroxylation is 2. The van der Waals surface area contributed by atoms with Crippen molar-refractivity contribution in [2.24, 2.45) is 0 Å². The Morgan fingerprint density at radius 1 is 1.22 bits per heavy atom. The van der Waals surface area contributed by atoms with E-state index in [4.69, 9.17) is 28.3 Å². The smallest absolute Gasteiger partial charge is 0.136 e. The lowest BCUT2D eigenvalue weighted by Gasteiger charge is -2.41. The summed E-state index contributed by atoms with van der Waals surface area (Å²) in [5.74, 6) is 2.26. The van der Waals surface area contributed by atoms with Crippen LogP contribution >= 0.6 is 12.6 Å². The van der Waals surface area contributed by atoms with E-state index >= 15 is 0 Å². The van der Waals surface area contributed by atoms with Gasteiger partial charge in [-0.25, -0.2) is 9.97 Å². The first-order valence-electron chi connectivity index (χ1n) is 12.1. The fourth-order valence-corrected chi connectivity index (χ4v) is 6.06. The Morgan fingerprint density at radius 3 is 2.72 bits per heavy atom. The van der Waals surface area contributed by atoms with E-state index in [1.807, 2.05) is 6.07 Å². The average molecular weight is 450 g/mol. The van der Waals surface area contributed by atoms with E-state index in [1.54, 1.807) is 0 Å². The van der Waals surface area contributed by atoms with Gasteiger partial charge in [0.2, 0.25) is 0 Å². The van der Waals surface area contributed by atoms with Crippen LogP contribution in [0.4, 0.5) is 11.5 Å². The number of fused-ring (bicyclic) bond motifs is 1. The van der Waals surface area contributed by atoms with Crippen molar-refractivity contribution in [2.45, 2.75) is 95.9 Å². The minimum absolute atomic E-state index is 0.204. The van der Waals surface area contributed by atoms with E-state index in [1.165, 1.54) is 24.0 Å². The number of aromatic nitrogens is 2. The molecule has 6 heteroatoms. The largest absolute Gasteiger partial charge is 0.398 e. The molecule has 1 aliphatic carbocycles. The summed E-state index contributed by atoms with van der Waals surface area (Å²) < 4.78 is 0. The lowest BCUT2D eigenvalue weighted by atomic mass is 9.77. The Morgan fingerprint density at radius 2 is 2.03 bits per heavy atom. The minimum atomic E-state index is 0.204. The number of nitrogen functional groups attached to an aromatic ring is 1. The van der Waals surface area contributed by atoms with E-state index in [9.17, 15) is 5.26 Å². The molecule has 0 amide bonds. The molecule has 2 aliphatic rings. The molecule has 1 aromatic carbocycles. The van der Waals surface area contributed by atoms with Gasteiger partial charge in [-0.1, -0.05) is 26.3 Å². The third kappa shape index (κ3) is 4.20. The molecular weight excluding hydrogens is 414 g/mol. The Kier molecular flexibility index (Phi) is 6.95. The molecule has 1 aliphatic heterocycles. The highest BCUT2D eigenvalue weighted by atomic mass is 32.1. The number of nitrogens with zero attached hydrogens (tertiary/aromatic N) is 4. The van der Waals surface area contributed by atoms with Crippen molar-refractivity contribution in [2.75, 3.05) is 10.6 Å². The standard InChI is InChI=1S/C26H35N5S/c1-4-7-17-11-13-21(28)20(15-27)25(17)18-10-12-19-22(14-18)29-23(5-2)30-26(19)31-16(3)8-6-9-24(31)32/h11,13,16,18,24,32H,4-10,12,14,28H2,1-3H3. The molecule has 32 heavy (non-hydrogen) atoms. The minimum Gasteiger partial charge on any atom is -0.398 e. The molecule has 2 N–H and O–H groups in total. The zero-order valence-corrected chi connectivity index (χ0v) is 20.5. The fraction of sp³-hybridized carbons (Fsp3) is 0.577. The maximum absolute atomic E-state index is 9.90. The van der Waals surface area contributed by atoms with Gasteiger partial charge >= 0.3 is 0 Å². The predicted octanol–water partition coefficient (Wildman–Crippen LogP) is 5.35. The second kappa shape index (κ2) is 9.70. The molecule has 5 nitrogen and oxygen atoms in total. The van der Waals surface area contributed by atoms with Gasteiger partial charge in [0.25, 0.3) is 0 Å². The maximum atomic E-state index is 9.90. The van der Waals surface area contributed by atoms with Gasteiger partial charge in [-0.05, 0) is 75.0 Å². The molecule has 2 aromatic rings. The Balaban J connectivity index is 1.77. The van der Waals surface area contributed by atoms with Crippen molar-refractivity contribution in [3.8, 4) is 6.07 Å². The first kappa shape index (κ1) is 22.9. The maximum Gasteiger partial charge on any atom is 0.136 e. The van der Waals surface area contributed by atoms with Crippen LogP contribution in [0, 0.1) is 11.3 Å². The number of hydrogen-bond acceptors (Lipinski definition) is 6. The van der Waals surface area contributed by atoms with Gasteiger partial charge in [-0.3, -0.25) is 0 Å². The van der Waals surface area contributed by atoms with Crippen molar-refractivity contribution >= 4 is 24.1 Å². The number of hydrogen-bond donors (Lipinski definition) is 2. The topological polar surface area (TPSA) is 78.8 Å². The predicted molar refractivity (Wildman–Crippen MR) is 134 cm³/mol. The van der Waals surface area contributed by atoms with Crippen molar-refractivity contribution in [1.82, 2.24) is 9.97 Å². The van der Waals surface area contributed by atoms with Crippen molar-refractivity contribution in [3.63, 3.8) is 0 Å². The Labute approximate surface area is 197 Å². The highest BCUT2D eigenvalue weighted by Gasteiger charge is 2.33. The SMILES string of the molecule is CCCc1ccc(N)c(C#N)c1C1CCc2c(nc(CC)nc2N2C(C)CCCC2S)C1. The van der Waals surface area contributed by atoms with Gasteiger partial charge in [-0.15, -0.1) is 0 Å². The van der Waals surface area contributed by atoms with E-state index < -0.39 is 0 Å². The van der Waals surface area contributed by atoms with Gasteiger partial charge in [0.05, 0.1) is 16.6 Å². The van der Waals surface area contributed by atoms with Crippen LogP contribution < -0.4 is 10.6 Å². The first-order valence-corrected chi connectivity index (χ1v) is 12.7. The molecule has 3 unspecified atom stereocenters. The molecule has 170 valence electrons. The molecule has 1 aromatic heterocycles. The van der Waals surface area contributed by atoms with Crippen LogP contribution in [0.5, 0.6) is 0 Å². The number of benzene rings is 1. The summed E-state index contributed by atoms with van der Waals surface area (Å²) >= 11 is 4.92. The summed E-state index contributed by atoms with van der Waals surface area (Å²) in [7, 11) is 0. The summed E-state index contributed by atoms with van der Waals surface area (Å²) in [6, 6.07) is 6.85. The third-order valence-corrected chi connectivity index (χ3v) is 7.66. The van der Waals surface area contributed by atoms with Crippen LogP contribution in [0.25, 0.3) is 0 Å². The van der Waals surface area contributed by atoms with Gasteiger partial charge in [0.15, 0.2) is 0 Å². The second-order valence-electron chi connectivity index (χ2n) is 9.31. The summed E-state index contributed by atoms with van der Waals surface area (Å²) in [6.07, 6.45) is 9.06. The number of thiol groups is 1. The zero-order chi connectivity index (χ0) is 22.8. The molecule has 2 heterocycles. The summed E-state index contributed by atoms with van der Waals surface area (Å²) in [5.41, 5.74) is 12.3. The van der Waals surface area contributed by atoms with Crippen LogP contribution in [0.2, 0.25) is 0 Å². The highest BCUT2D eigenvalue weighted by Crippen LogP contribution is 2.41. The summed E-state index contributed by atoms with van der Waals surface area (Å²) in [5, 5.41) is 10.1. The van der Waals surface area contributed by atoms with Gasteiger partial charge < -0.3 is 10.6 Å². The molecule has 0 radical (unpaired) electrons. The number of anilines is 2. The molecule has 1 saturated heterocycles. The van der Waals surface area contributed by atoms with Crippen LogP contribution in [0.1, 0.15) is 92.6 Å². The van der Waals surface area contributed by atoms with Crippen LogP contribution in [0.3, 0.4) is 0 Å². The van der Waals surface area contributed by atoms with Crippen molar-refractivity contribution in [1.29, 1.82) is 5.26 Å². The lowest BCUT2D eigenvalue weighted by Crippen LogP contribution is -2.44. The van der Waals surface area contributed by atoms with E-state index in [-0.39, 0.29) is 11.3 Å². The number of piperidine rings is 1. The summed E-state index contributed by atoms with van der Waals surface area (Å²) in [6.45, 7) is 6.59. The number of nitrogens with two attached hydrogens (primary N) is 1. The Bertz CT molecular complexity index is 1020. The second-order valence-corrected chi connectivity index (χ2v) is 9.91. The molecule has 1 fully saturated rings. The van der Waals surface area contributed by atoms with Gasteiger partial charge in [0.1, 0.15) is 17.7 Å². The third-order valence-electron chi connectivity index (χ3n) is 7.15. The van der Waals surface area contributed by atoms with Crippen molar-refractivity contribution in [3.05, 3.63) is 45.9 Å². The molecule has 0 saturated carbocycles. The molecular formula is C26H35N5S. The quantitative estimate of drug-likeness (QED) is 0.475. The number of nitriles is 1. The average Bonchev–Trinajstić information content (AvgIpc) is 2.79. The fourth-order valence-electron chi connectivity index (χ4n) is 5.54. The number of rotatable bonds is 5. The van der Waals surface area contributed by atoms with Gasteiger partial charge in [0, 0.05) is 23.7 Å². The summed E-state index contributed by atoms with van der Waals surface area (Å²) in [4.78, 5) is 12.4. The molecule has 0 bridgehead atoms. The van der Waals surface area contributed by atoms with Gasteiger partial charge in [-0.2, -0.15) is 17.9 Å². The van der Waals surface area contributed by atoms with Crippen molar-refractivity contribution < 1.29 is 0 Å². The molecule has 4 rings (SSSR count). The van der Waals surface area contributed by atoms with Crippen LogP contribution in [-0.4, -0.2) is 21.4 Å². The lowest BCUT2D eigenvalue weighted by molar-refractivity contribution is 0.456. The van der Waals surface area contributed by atoms with E-state index in [0.29, 0.717) is 17.3 Å². The monoisotopic (exact) mass is 449 g/mol. The first-order chi connectivity index (χ1) is 15.5. The van der Waals surface area contributed by atoms with Crippen LogP contribution in [-0.2, 0) is 25.7 Å². The zero-order valence-electron chi connectivity index (χ0n) is 19.6. The molecule has 0 spiro atoms. The highest BCUT2D eigenvalue weighted by molar-refractivity contribution is 7.81. The van der Waals surface area contributed by atoms with E-state index in [0.717, 1.165) is 67.8 Å². The Hall–Kier alpha value is -2.26. The van der Waals surface area contributed by atoms with E-state index in [2.05, 4.69) is 37.8 Å². The van der Waals surface area contributed by atoms with Crippen LogP contribution in [0.15, 0.2) is 12.1 Å². The normalized spacial score (nSPS) is 23.0.